The predicted octanol–water partition coefficient (Wildman–Crippen LogP) is 3.49. The standard InChI is InChI=1S/C11H14BrNS/c12-10-3-4-14-11(10)7-13-6-8-1-2-9(13)5-8/h3-4,8-9H,1-2,5-7H2. The van der Waals surface area contributed by atoms with Crippen LogP contribution in [-0.2, 0) is 6.54 Å². The van der Waals surface area contributed by atoms with Gasteiger partial charge in [-0.1, -0.05) is 0 Å². The zero-order valence-electron chi connectivity index (χ0n) is 8.08. The first-order valence-electron chi connectivity index (χ1n) is 5.29. The predicted molar refractivity (Wildman–Crippen MR) is 63.6 cm³/mol. The number of thiophene rings is 1. The first-order chi connectivity index (χ1) is 6.83. The summed E-state index contributed by atoms with van der Waals surface area (Å²) in [5, 5.41) is 2.17. The lowest BCUT2D eigenvalue weighted by Crippen LogP contribution is -2.31. The molecule has 1 aliphatic carbocycles. The number of hydrogen-bond donors (Lipinski definition) is 0. The summed E-state index contributed by atoms with van der Waals surface area (Å²) in [6.45, 7) is 2.51. The Morgan fingerprint density at radius 1 is 1.50 bits per heavy atom. The maximum Gasteiger partial charge on any atom is 0.0342 e. The van der Waals surface area contributed by atoms with Crippen LogP contribution in [0.5, 0.6) is 0 Å². The van der Waals surface area contributed by atoms with E-state index in [1.165, 1.54) is 41.7 Å². The summed E-state index contributed by atoms with van der Waals surface area (Å²) in [7, 11) is 0. The van der Waals surface area contributed by atoms with Gasteiger partial charge in [0.1, 0.15) is 0 Å². The van der Waals surface area contributed by atoms with Gasteiger partial charge in [-0.3, -0.25) is 4.90 Å². The third-order valence-electron chi connectivity index (χ3n) is 3.56. The van der Waals surface area contributed by atoms with Crippen LogP contribution in [0.4, 0.5) is 0 Å². The molecule has 3 heteroatoms. The van der Waals surface area contributed by atoms with E-state index in [1.54, 1.807) is 0 Å². The van der Waals surface area contributed by atoms with Crippen LogP contribution >= 0.6 is 27.3 Å². The molecule has 1 nitrogen and oxygen atoms in total. The lowest BCUT2D eigenvalue weighted by molar-refractivity contribution is 0.207. The molecule has 2 atom stereocenters. The molecule has 0 radical (unpaired) electrons. The van der Waals surface area contributed by atoms with E-state index in [1.807, 2.05) is 11.3 Å². The van der Waals surface area contributed by atoms with E-state index in [-0.39, 0.29) is 0 Å². The average Bonchev–Trinajstić information content (AvgIpc) is 2.83. The Bertz CT molecular complexity index is 336. The number of fused-ring (bicyclic) bond motifs is 2. The van der Waals surface area contributed by atoms with E-state index in [0.717, 1.165) is 12.0 Å². The van der Waals surface area contributed by atoms with Gasteiger partial charge in [-0.05, 0) is 52.6 Å². The van der Waals surface area contributed by atoms with Crippen LogP contribution in [0, 0.1) is 5.92 Å². The van der Waals surface area contributed by atoms with Crippen molar-refractivity contribution in [3.8, 4) is 0 Å². The van der Waals surface area contributed by atoms with Gasteiger partial charge in [0.05, 0.1) is 0 Å². The van der Waals surface area contributed by atoms with E-state index in [9.17, 15) is 0 Å². The molecule has 14 heavy (non-hydrogen) atoms. The molecular formula is C11H14BrNS. The molecule has 1 aliphatic heterocycles. The normalized spacial score (nSPS) is 31.5. The van der Waals surface area contributed by atoms with E-state index in [4.69, 9.17) is 0 Å². The molecule has 76 valence electrons. The average molecular weight is 272 g/mol. The minimum Gasteiger partial charge on any atom is -0.295 e. The van der Waals surface area contributed by atoms with Gasteiger partial charge >= 0.3 is 0 Å². The Morgan fingerprint density at radius 2 is 2.43 bits per heavy atom. The Hall–Kier alpha value is 0.140. The quantitative estimate of drug-likeness (QED) is 0.796. The first-order valence-corrected chi connectivity index (χ1v) is 6.96. The Balaban J connectivity index is 1.71. The Kier molecular flexibility index (Phi) is 2.42. The number of rotatable bonds is 2. The van der Waals surface area contributed by atoms with Gasteiger partial charge in [-0.25, -0.2) is 0 Å². The molecule has 2 aliphatic rings. The van der Waals surface area contributed by atoms with Crippen molar-refractivity contribution in [2.45, 2.75) is 31.8 Å². The lowest BCUT2D eigenvalue weighted by atomic mass is 10.1. The highest BCUT2D eigenvalue weighted by Gasteiger charge is 2.37. The maximum absolute atomic E-state index is 3.61. The molecule has 1 saturated heterocycles. The van der Waals surface area contributed by atoms with Crippen molar-refractivity contribution in [3.05, 3.63) is 20.8 Å². The molecule has 0 aromatic carbocycles. The SMILES string of the molecule is Brc1ccsc1CN1CC2CCC1C2. The summed E-state index contributed by atoms with van der Waals surface area (Å²) >= 11 is 5.49. The van der Waals surface area contributed by atoms with Gasteiger partial charge in [0.25, 0.3) is 0 Å². The van der Waals surface area contributed by atoms with Crippen molar-refractivity contribution in [3.63, 3.8) is 0 Å². The lowest BCUT2D eigenvalue weighted by Gasteiger charge is -2.26. The second-order valence-corrected chi connectivity index (χ2v) is 6.31. The zero-order chi connectivity index (χ0) is 9.54. The van der Waals surface area contributed by atoms with Crippen molar-refractivity contribution in [1.29, 1.82) is 0 Å². The molecule has 2 fully saturated rings. The summed E-state index contributed by atoms with van der Waals surface area (Å²) < 4.78 is 1.30. The maximum atomic E-state index is 3.61. The van der Waals surface area contributed by atoms with Crippen LogP contribution in [-0.4, -0.2) is 17.5 Å². The largest absolute Gasteiger partial charge is 0.295 e. The van der Waals surface area contributed by atoms with Crippen LogP contribution < -0.4 is 0 Å². The number of likely N-dealkylation sites (tertiary alicyclic amines) is 1. The van der Waals surface area contributed by atoms with Crippen molar-refractivity contribution in [2.75, 3.05) is 6.54 Å². The van der Waals surface area contributed by atoms with Gasteiger partial charge in [0.15, 0.2) is 0 Å². The Labute approximate surface area is 97.2 Å². The van der Waals surface area contributed by atoms with E-state index in [0.29, 0.717) is 0 Å². The zero-order valence-corrected chi connectivity index (χ0v) is 10.5. The highest BCUT2D eigenvalue weighted by molar-refractivity contribution is 9.10. The van der Waals surface area contributed by atoms with Crippen molar-refractivity contribution in [1.82, 2.24) is 4.90 Å². The third kappa shape index (κ3) is 1.55. The number of hydrogen-bond acceptors (Lipinski definition) is 2. The molecule has 1 aromatic heterocycles. The van der Waals surface area contributed by atoms with Crippen molar-refractivity contribution < 1.29 is 0 Å². The minimum absolute atomic E-state index is 0.897. The summed E-state index contributed by atoms with van der Waals surface area (Å²) in [4.78, 5) is 4.17. The third-order valence-corrected chi connectivity index (χ3v) is 5.47. The molecule has 3 rings (SSSR count). The van der Waals surface area contributed by atoms with Gasteiger partial charge in [0.2, 0.25) is 0 Å². The fourth-order valence-electron chi connectivity index (χ4n) is 2.84. The number of nitrogens with zero attached hydrogens (tertiary/aromatic N) is 1. The summed E-state index contributed by atoms with van der Waals surface area (Å²) in [5.41, 5.74) is 0. The van der Waals surface area contributed by atoms with Crippen LogP contribution in [0.15, 0.2) is 15.9 Å². The van der Waals surface area contributed by atoms with Crippen LogP contribution in [0.1, 0.15) is 24.1 Å². The molecule has 2 unspecified atom stereocenters. The van der Waals surface area contributed by atoms with Gasteiger partial charge < -0.3 is 0 Å². The van der Waals surface area contributed by atoms with Gasteiger partial charge in [-0.2, -0.15) is 0 Å². The highest BCUT2D eigenvalue weighted by Crippen LogP contribution is 2.39. The van der Waals surface area contributed by atoms with Crippen LogP contribution in [0.2, 0.25) is 0 Å². The second kappa shape index (κ2) is 3.62. The molecule has 2 bridgehead atoms. The highest BCUT2D eigenvalue weighted by atomic mass is 79.9. The van der Waals surface area contributed by atoms with Gasteiger partial charge in [0, 0.05) is 28.5 Å². The second-order valence-electron chi connectivity index (χ2n) is 4.45. The monoisotopic (exact) mass is 271 g/mol. The van der Waals surface area contributed by atoms with E-state index < -0.39 is 0 Å². The summed E-state index contributed by atoms with van der Waals surface area (Å²) in [6.07, 6.45) is 4.38. The minimum atomic E-state index is 0.897. The van der Waals surface area contributed by atoms with E-state index in [2.05, 4.69) is 32.3 Å². The molecule has 2 heterocycles. The Morgan fingerprint density at radius 3 is 3.00 bits per heavy atom. The first kappa shape index (κ1) is 9.37. The number of piperidine rings is 1. The van der Waals surface area contributed by atoms with E-state index >= 15 is 0 Å². The smallest absolute Gasteiger partial charge is 0.0342 e. The molecule has 0 spiro atoms. The molecule has 1 saturated carbocycles. The summed E-state index contributed by atoms with van der Waals surface area (Å²) in [6, 6.07) is 3.06. The topological polar surface area (TPSA) is 3.24 Å². The fraction of sp³-hybridized carbons (Fsp3) is 0.636. The fourth-order valence-corrected chi connectivity index (χ4v) is 4.35. The molecular weight excluding hydrogens is 258 g/mol. The van der Waals surface area contributed by atoms with Crippen LogP contribution in [0.3, 0.4) is 0 Å². The van der Waals surface area contributed by atoms with Crippen molar-refractivity contribution >= 4 is 27.3 Å². The number of halogens is 1. The van der Waals surface area contributed by atoms with Crippen LogP contribution in [0.25, 0.3) is 0 Å². The summed E-state index contributed by atoms with van der Waals surface area (Å²) in [5.74, 6) is 1.01. The van der Waals surface area contributed by atoms with Crippen molar-refractivity contribution in [2.24, 2.45) is 5.92 Å². The molecule has 1 aromatic rings. The molecule has 0 amide bonds. The molecule has 0 N–H and O–H groups in total. The van der Waals surface area contributed by atoms with Gasteiger partial charge in [-0.15, -0.1) is 11.3 Å².